The van der Waals surface area contributed by atoms with Crippen LogP contribution >= 0.6 is 0 Å². The number of carbonyl (C=O) groups excluding carboxylic acids is 1. The Balaban J connectivity index is 1.50. The lowest BCUT2D eigenvalue weighted by atomic mass is 9.99. The maximum absolute atomic E-state index is 14.7. The van der Waals surface area contributed by atoms with Crippen molar-refractivity contribution in [1.82, 2.24) is 19.9 Å². The highest BCUT2D eigenvalue weighted by Gasteiger charge is 2.28. The number of sulfonamides is 1. The Labute approximate surface area is 240 Å². The van der Waals surface area contributed by atoms with Gasteiger partial charge in [-0.1, -0.05) is 12.1 Å². The zero-order valence-corrected chi connectivity index (χ0v) is 23.8. The summed E-state index contributed by atoms with van der Waals surface area (Å²) in [4.78, 5) is 21.2. The summed E-state index contributed by atoms with van der Waals surface area (Å²) in [6, 6.07) is 17.6. The molecule has 212 valence electrons. The molecule has 0 radical (unpaired) electrons. The number of carbonyl (C=O) groups is 1. The SMILES string of the molecule is CNC(=O)c1c(-c2ccc[nH]2)oc2cc(N(C)S(C)(=O)=O)c(-c3ccc4c(n3)-c3cc5c(F)cccc5n3CC4)cc12. The highest BCUT2D eigenvalue weighted by atomic mass is 32.2. The van der Waals surface area contributed by atoms with Gasteiger partial charge in [0, 0.05) is 49.2 Å². The standard InChI is InChI=1S/C31H26FN5O4S/c1-33-31(38)28-20-14-19(25(36(2)42(3,39)40)16-27(20)41-30(28)23-7-5-12-34-23)22-10-9-17-11-13-37-24-8-4-6-21(32)18(24)15-26(37)29(17)35-22/h4-10,12,14-16,34H,11,13H2,1-3H3,(H,33,38). The molecule has 2 aromatic carbocycles. The first-order valence-electron chi connectivity index (χ1n) is 13.3. The van der Waals surface area contributed by atoms with Crippen molar-refractivity contribution in [2.24, 2.45) is 0 Å². The Morgan fingerprint density at radius 3 is 2.69 bits per heavy atom. The minimum absolute atomic E-state index is 0.297. The molecule has 0 fully saturated rings. The normalized spacial score (nSPS) is 12.9. The molecule has 1 aliphatic rings. The van der Waals surface area contributed by atoms with Gasteiger partial charge < -0.3 is 19.3 Å². The lowest BCUT2D eigenvalue weighted by molar-refractivity contribution is 0.0964. The lowest BCUT2D eigenvalue weighted by Crippen LogP contribution is -2.25. The molecule has 0 bridgehead atoms. The number of pyridine rings is 1. The fourth-order valence-corrected chi connectivity index (χ4v) is 6.28. The van der Waals surface area contributed by atoms with Crippen molar-refractivity contribution in [2.45, 2.75) is 13.0 Å². The molecule has 0 saturated heterocycles. The van der Waals surface area contributed by atoms with E-state index in [0.717, 1.165) is 23.0 Å². The third-order valence-electron chi connectivity index (χ3n) is 7.93. The summed E-state index contributed by atoms with van der Waals surface area (Å²) in [5.41, 5.74) is 5.93. The van der Waals surface area contributed by atoms with Gasteiger partial charge in [-0.3, -0.25) is 9.10 Å². The second-order valence-electron chi connectivity index (χ2n) is 10.4. The molecule has 0 spiro atoms. The number of benzene rings is 2. The van der Waals surface area contributed by atoms with E-state index in [4.69, 9.17) is 9.40 Å². The van der Waals surface area contributed by atoms with Gasteiger partial charge in [-0.25, -0.2) is 17.8 Å². The van der Waals surface area contributed by atoms with E-state index in [1.165, 1.54) is 17.4 Å². The number of aromatic amines is 1. The lowest BCUT2D eigenvalue weighted by Gasteiger charge is -2.23. The first-order chi connectivity index (χ1) is 20.2. The first kappa shape index (κ1) is 26.0. The molecule has 0 saturated carbocycles. The number of anilines is 1. The molecule has 6 aromatic rings. The third-order valence-corrected chi connectivity index (χ3v) is 9.13. The van der Waals surface area contributed by atoms with Gasteiger partial charge in [-0.15, -0.1) is 0 Å². The second kappa shape index (κ2) is 9.31. The number of furan rings is 1. The number of H-pyrrole nitrogens is 1. The number of fused-ring (bicyclic) bond motifs is 6. The van der Waals surface area contributed by atoms with Crippen LogP contribution in [-0.4, -0.2) is 49.2 Å². The molecule has 1 amide bonds. The summed E-state index contributed by atoms with van der Waals surface area (Å²) >= 11 is 0. The summed E-state index contributed by atoms with van der Waals surface area (Å²) in [6.07, 6.45) is 3.57. The summed E-state index contributed by atoms with van der Waals surface area (Å²) in [7, 11) is -0.671. The third kappa shape index (κ3) is 3.92. The van der Waals surface area contributed by atoms with Crippen molar-refractivity contribution in [3.63, 3.8) is 0 Å². The molecular formula is C31H26FN5O4S. The highest BCUT2D eigenvalue weighted by molar-refractivity contribution is 7.92. The molecule has 4 aromatic heterocycles. The predicted molar refractivity (Wildman–Crippen MR) is 160 cm³/mol. The van der Waals surface area contributed by atoms with E-state index in [9.17, 15) is 17.6 Å². The smallest absolute Gasteiger partial charge is 0.255 e. The molecule has 0 unspecified atom stereocenters. The minimum Gasteiger partial charge on any atom is -0.454 e. The van der Waals surface area contributed by atoms with Gasteiger partial charge in [-0.05, 0) is 54.4 Å². The van der Waals surface area contributed by atoms with E-state index in [0.29, 0.717) is 69.0 Å². The van der Waals surface area contributed by atoms with Crippen molar-refractivity contribution in [2.75, 3.05) is 24.7 Å². The maximum Gasteiger partial charge on any atom is 0.255 e. The van der Waals surface area contributed by atoms with Crippen LogP contribution in [0.1, 0.15) is 15.9 Å². The quantitative estimate of drug-likeness (QED) is 0.276. The predicted octanol–water partition coefficient (Wildman–Crippen LogP) is 5.56. The Bertz CT molecular complexity index is 2160. The topological polar surface area (TPSA) is 113 Å². The number of aryl methyl sites for hydroxylation is 2. The number of nitrogens with one attached hydrogen (secondary N) is 2. The van der Waals surface area contributed by atoms with Gasteiger partial charge >= 0.3 is 0 Å². The number of aromatic nitrogens is 3. The Morgan fingerprint density at radius 2 is 1.95 bits per heavy atom. The van der Waals surface area contributed by atoms with Gasteiger partial charge in [0.2, 0.25) is 10.0 Å². The van der Waals surface area contributed by atoms with E-state index < -0.39 is 10.0 Å². The molecule has 42 heavy (non-hydrogen) atoms. The van der Waals surface area contributed by atoms with E-state index in [1.54, 1.807) is 43.6 Å². The number of amides is 1. The number of nitrogens with zero attached hydrogens (tertiary/aromatic N) is 3. The summed E-state index contributed by atoms with van der Waals surface area (Å²) in [5.74, 6) is -0.308. The van der Waals surface area contributed by atoms with E-state index in [-0.39, 0.29) is 11.7 Å². The average Bonchev–Trinajstić information content (AvgIpc) is 3.72. The molecule has 5 heterocycles. The van der Waals surface area contributed by atoms with E-state index in [2.05, 4.69) is 14.9 Å². The van der Waals surface area contributed by atoms with Crippen molar-refractivity contribution in [3.05, 3.63) is 83.8 Å². The van der Waals surface area contributed by atoms with Crippen LogP contribution in [0, 0.1) is 5.82 Å². The van der Waals surface area contributed by atoms with Crippen molar-refractivity contribution in [1.29, 1.82) is 0 Å². The van der Waals surface area contributed by atoms with Crippen LogP contribution in [-0.2, 0) is 23.0 Å². The molecule has 9 nitrogen and oxygen atoms in total. The monoisotopic (exact) mass is 583 g/mol. The second-order valence-corrected chi connectivity index (χ2v) is 12.4. The molecule has 0 aliphatic carbocycles. The molecule has 2 N–H and O–H groups in total. The van der Waals surface area contributed by atoms with Crippen LogP contribution in [0.15, 0.2) is 71.3 Å². The van der Waals surface area contributed by atoms with Crippen LogP contribution in [0.5, 0.6) is 0 Å². The summed E-state index contributed by atoms with van der Waals surface area (Å²) < 4.78 is 49.6. The van der Waals surface area contributed by atoms with Gasteiger partial charge in [0.1, 0.15) is 11.4 Å². The van der Waals surface area contributed by atoms with Gasteiger partial charge in [0.15, 0.2) is 5.76 Å². The van der Waals surface area contributed by atoms with Crippen molar-refractivity contribution in [3.8, 4) is 34.1 Å². The number of hydrogen-bond donors (Lipinski definition) is 2. The Kier molecular flexibility index (Phi) is 5.77. The minimum atomic E-state index is -3.68. The highest BCUT2D eigenvalue weighted by Crippen LogP contribution is 2.42. The zero-order chi connectivity index (χ0) is 29.3. The van der Waals surface area contributed by atoms with Crippen LogP contribution < -0.4 is 9.62 Å². The summed E-state index contributed by atoms with van der Waals surface area (Å²) in [6.45, 7) is 0.691. The number of hydrogen-bond acceptors (Lipinski definition) is 5. The Morgan fingerprint density at radius 1 is 1.12 bits per heavy atom. The largest absolute Gasteiger partial charge is 0.454 e. The van der Waals surface area contributed by atoms with Crippen LogP contribution in [0.25, 0.3) is 56.0 Å². The van der Waals surface area contributed by atoms with Gasteiger partial charge in [-0.2, -0.15) is 0 Å². The average molecular weight is 584 g/mol. The zero-order valence-electron chi connectivity index (χ0n) is 23.0. The van der Waals surface area contributed by atoms with E-state index >= 15 is 0 Å². The van der Waals surface area contributed by atoms with E-state index in [1.807, 2.05) is 24.3 Å². The van der Waals surface area contributed by atoms with Crippen LogP contribution in [0.4, 0.5) is 10.1 Å². The molecule has 11 heteroatoms. The molecular weight excluding hydrogens is 557 g/mol. The number of rotatable bonds is 5. The Hall–Kier alpha value is -4.90. The molecule has 1 aliphatic heterocycles. The fourth-order valence-electron chi connectivity index (χ4n) is 5.77. The van der Waals surface area contributed by atoms with Crippen molar-refractivity contribution < 1.29 is 22.0 Å². The van der Waals surface area contributed by atoms with Crippen LogP contribution in [0.2, 0.25) is 0 Å². The maximum atomic E-state index is 14.7. The molecule has 7 rings (SSSR count). The number of halogens is 1. The fraction of sp³-hybridized carbons (Fsp3) is 0.161. The first-order valence-corrected chi connectivity index (χ1v) is 15.2. The van der Waals surface area contributed by atoms with Crippen LogP contribution in [0.3, 0.4) is 0 Å². The molecule has 0 atom stereocenters. The van der Waals surface area contributed by atoms with Gasteiger partial charge in [0.05, 0.1) is 45.8 Å². The van der Waals surface area contributed by atoms with Crippen molar-refractivity contribution >= 4 is 43.5 Å². The van der Waals surface area contributed by atoms with Gasteiger partial charge in [0.25, 0.3) is 5.91 Å². The summed E-state index contributed by atoms with van der Waals surface area (Å²) in [5, 5.41) is 3.72.